The van der Waals surface area contributed by atoms with Gasteiger partial charge in [0.05, 0.1) is 0 Å². The Hall–Kier alpha value is -2.90. The third-order valence-corrected chi connectivity index (χ3v) is 6.59. The van der Waals surface area contributed by atoms with E-state index in [9.17, 15) is 0 Å². The molecule has 1 heteroatoms. The highest BCUT2D eigenvalue weighted by molar-refractivity contribution is 6.45. The van der Waals surface area contributed by atoms with Crippen molar-refractivity contribution in [1.82, 2.24) is 0 Å². The zero-order valence-electron chi connectivity index (χ0n) is 13.3. The van der Waals surface area contributed by atoms with Crippen LogP contribution in [0, 0.1) is 0 Å². The van der Waals surface area contributed by atoms with Crippen LogP contribution in [0.2, 0.25) is 0 Å². The van der Waals surface area contributed by atoms with E-state index in [2.05, 4.69) is 60.7 Å². The van der Waals surface area contributed by atoms with Gasteiger partial charge in [0.15, 0.2) is 0 Å². The van der Waals surface area contributed by atoms with Gasteiger partial charge in [0, 0.05) is 0 Å². The zero-order valence-corrected chi connectivity index (χ0v) is 13.3. The van der Waals surface area contributed by atoms with Crippen molar-refractivity contribution in [2.45, 2.75) is 12.2 Å². The second-order valence-corrected chi connectivity index (χ2v) is 7.59. The lowest BCUT2D eigenvalue weighted by molar-refractivity contribution is 0.0887. The molecule has 25 heavy (non-hydrogen) atoms. The van der Waals surface area contributed by atoms with Crippen LogP contribution in [-0.4, -0.2) is 0 Å². The van der Waals surface area contributed by atoms with Crippen LogP contribution < -0.4 is 0 Å². The minimum absolute atomic E-state index is 0.125. The van der Waals surface area contributed by atoms with Gasteiger partial charge in [-0.3, -0.25) is 0 Å². The maximum atomic E-state index is 6.23. The highest BCUT2D eigenvalue weighted by atomic mass is 16.5. The number of rotatable bonds is 0. The highest BCUT2D eigenvalue weighted by Gasteiger charge is 2.38. The first kappa shape index (κ1) is 11.6. The number of fused-ring (bicyclic) bond motifs is 7. The van der Waals surface area contributed by atoms with E-state index in [0.717, 1.165) is 0 Å². The van der Waals surface area contributed by atoms with Crippen molar-refractivity contribution < 1.29 is 4.74 Å². The van der Waals surface area contributed by atoms with Gasteiger partial charge in [-0.05, 0) is 65.0 Å². The Balaban J connectivity index is 1.86. The van der Waals surface area contributed by atoms with Crippen LogP contribution in [0.5, 0.6) is 0 Å². The summed E-state index contributed by atoms with van der Waals surface area (Å²) in [5.74, 6) is 0. The van der Waals surface area contributed by atoms with Crippen LogP contribution in [-0.2, 0) is 4.74 Å². The van der Waals surface area contributed by atoms with Gasteiger partial charge in [0.2, 0.25) is 0 Å². The van der Waals surface area contributed by atoms with E-state index in [1.807, 2.05) is 0 Å². The third-order valence-electron chi connectivity index (χ3n) is 6.59. The molecule has 0 unspecified atom stereocenters. The average Bonchev–Trinajstić information content (AvgIpc) is 3.36. The van der Waals surface area contributed by atoms with Crippen LogP contribution in [0.3, 0.4) is 0 Å². The Bertz CT molecular complexity index is 1410. The number of benzene rings is 5. The molecule has 0 saturated carbocycles. The molecule has 1 nitrogen and oxygen atoms in total. The van der Waals surface area contributed by atoms with Crippen LogP contribution >= 0.6 is 0 Å². The van der Waals surface area contributed by atoms with Crippen LogP contribution in [0.4, 0.5) is 0 Å². The van der Waals surface area contributed by atoms with E-state index in [-0.39, 0.29) is 12.2 Å². The van der Waals surface area contributed by atoms with E-state index >= 15 is 0 Å². The largest absolute Gasteiger partial charge is 0.357 e. The molecule has 0 amide bonds. The summed E-state index contributed by atoms with van der Waals surface area (Å²) in [6.07, 6.45) is 4.71. The van der Waals surface area contributed by atoms with E-state index in [1.54, 1.807) is 0 Å². The second-order valence-electron chi connectivity index (χ2n) is 7.59. The Morgan fingerprint density at radius 2 is 0.880 bits per heavy atom. The Morgan fingerprint density at radius 1 is 0.480 bits per heavy atom. The first-order valence-corrected chi connectivity index (χ1v) is 8.94. The highest BCUT2D eigenvalue weighted by Crippen LogP contribution is 2.56. The summed E-state index contributed by atoms with van der Waals surface area (Å²) in [5, 5.41) is 14.1. The molecule has 0 radical (unpaired) electrons. The molecule has 2 aliphatic heterocycles. The van der Waals surface area contributed by atoms with Gasteiger partial charge in [0.25, 0.3) is 0 Å². The molecule has 0 saturated heterocycles. The van der Waals surface area contributed by atoms with Gasteiger partial charge in [-0.25, -0.2) is 0 Å². The monoisotopic (exact) mass is 316 g/mol. The summed E-state index contributed by atoms with van der Waals surface area (Å²) in [4.78, 5) is 0. The lowest BCUT2D eigenvalue weighted by Crippen LogP contribution is -1.96. The Kier molecular flexibility index (Phi) is 1.58. The topological polar surface area (TPSA) is 9.23 Å². The lowest BCUT2D eigenvalue weighted by Gasteiger charge is -2.15. The summed E-state index contributed by atoms with van der Waals surface area (Å²) in [7, 11) is 0. The van der Waals surface area contributed by atoms with Gasteiger partial charge < -0.3 is 4.74 Å². The lowest BCUT2D eigenvalue weighted by atomic mass is 9.86. The molecule has 0 spiro atoms. The van der Waals surface area contributed by atoms with Crippen molar-refractivity contribution in [3.8, 4) is 0 Å². The average molecular weight is 316 g/mol. The fourth-order valence-electron chi connectivity index (χ4n) is 5.70. The van der Waals surface area contributed by atoms with E-state index in [4.69, 9.17) is 4.74 Å². The summed E-state index contributed by atoms with van der Waals surface area (Å²) < 4.78 is 6.23. The van der Waals surface area contributed by atoms with Gasteiger partial charge >= 0.3 is 0 Å². The minimum atomic E-state index is 0.125. The zero-order chi connectivity index (χ0) is 15.9. The summed E-state index contributed by atoms with van der Waals surface area (Å²) in [6, 6.07) is 18.3. The molecule has 2 heterocycles. The molecule has 0 fully saturated rings. The number of hydrogen-bond donors (Lipinski definition) is 0. The number of hydrogen-bond acceptors (Lipinski definition) is 1. The maximum Gasteiger partial charge on any atom is 0.103 e. The standard InChI is InChI=1S/C24H12O/c1-3-12-5-7-14-21-16-9-10-17(25-16)22(21)15-8-6-13-4-2-11(1)18-19(12)23(14)24(15)20(13)18/h1-10,16-17H/t16-,17+. The third kappa shape index (κ3) is 1.04. The van der Waals surface area contributed by atoms with Crippen molar-refractivity contribution in [2.24, 2.45) is 0 Å². The minimum Gasteiger partial charge on any atom is -0.357 e. The van der Waals surface area contributed by atoms with E-state index in [0.29, 0.717) is 0 Å². The quantitative estimate of drug-likeness (QED) is 0.231. The van der Waals surface area contributed by atoms with Gasteiger partial charge in [-0.2, -0.15) is 0 Å². The van der Waals surface area contributed by atoms with Gasteiger partial charge in [-0.15, -0.1) is 0 Å². The second kappa shape index (κ2) is 3.40. The van der Waals surface area contributed by atoms with Crippen molar-refractivity contribution in [2.75, 3.05) is 0 Å². The summed E-state index contributed by atoms with van der Waals surface area (Å²) in [6.45, 7) is 0. The molecular formula is C24H12O. The van der Waals surface area contributed by atoms with Gasteiger partial charge in [-0.1, -0.05) is 60.7 Å². The summed E-state index contributed by atoms with van der Waals surface area (Å²) >= 11 is 0. The molecule has 2 bridgehead atoms. The van der Waals surface area contributed by atoms with Crippen LogP contribution in [0.25, 0.3) is 53.9 Å². The molecule has 2 aliphatic rings. The molecule has 2 atom stereocenters. The van der Waals surface area contributed by atoms with Crippen molar-refractivity contribution in [3.63, 3.8) is 0 Å². The molecular weight excluding hydrogens is 304 g/mol. The first-order chi connectivity index (χ1) is 12.4. The molecule has 0 aliphatic carbocycles. The normalized spacial score (nSPS) is 22.1. The van der Waals surface area contributed by atoms with E-state index < -0.39 is 0 Å². The fraction of sp³-hybridized carbons (Fsp3) is 0.0833. The van der Waals surface area contributed by atoms with Crippen LogP contribution in [0.15, 0.2) is 60.7 Å². The Labute approximate surface area is 143 Å². The van der Waals surface area contributed by atoms with E-state index in [1.165, 1.54) is 65.0 Å². The fourth-order valence-corrected chi connectivity index (χ4v) is 5.70. The molecule has 8 rings (SSSR count). The Morgan fingerprint density at radius 3 is 1.36 bits per heavy atom. The molecule has 6 aromatic rings. The SMILES string of the molecule is C1=C[C@H]2O[C@@H]1c1c2c2ccc3ccc4ccc5ccc1c1c5c4c3c21. The first-order valence-electron chi connectivity index (χ1n) is 8.94. The predicted molar refractivity (Wildman–Crippen MR) is 103 cm³/mol. The predicted octanol–water partition coefficient (Wildman–Crippen LogP) is 6.45. The molecule has 0 N–H and O–H groups in total. The van der Waals surface area contributed by atoms with Crippen molar-refractivity contribution in [3.05, 3.63) is 71.8 Å². The number of ether oxygens (including phenoxy) is 1. The van der Waals surface area contributed by atoms with Crippen LogP contribution in [0.1, 0.15) is 23.3 Å². The van der Waals surface area contributed by atoms with Crippen molar-refractivity contribution in [1.29, 1.82) is 0 Å². The summed E-state index contributed by atoms with van der Waals surface area (Å²) in [5.41, 5.74) is 2.81. The smallest absolute Gasteiger partial charge is 0.103 e. The molecule has 6 aromatic carbocycles. The van der Waals surface area contributed by atoms with Gasteiger partial charge in [0.1, 0.15) is 12.2 Å². The maximum absolute atomic E-state index is 6.23. The molecule has 114 valence electrons. The molecule has 0 aromatic heterocycles. The van der Waals surface area contributed by atoms with Crippen molar-refractivity contribution >= 4 is 53.9 Å².